The van der Waals surface area contributed by atoms with E-state index in [-0.39, 0.29) is 159 Å². The number of nitrogens with one attached hydrogen (secondary N) is 10. The number of likely N-dealkylation sites (tertiary alicyclic amines) is 3. The predicted octanol–water partition coefficient (Wildman–Crippen LogP) is -3.20. The van der Waals surface area contributed by atoms with Gasteiger partial charge in [0.1, 0.15) is 84.9 Å². The molecule has 1 aromatic heterocycles. The number of aromatic amines is 1. The van der Waals surface area contributed by atoms with Gasteiger partial charge in [-0.25, -0.2) is 9.78 Å². The monoisotopic (exact) mass is 1630 g/mol. The number of aliphatic hydroxyl groups excluding tert-OH is 1. The second-order valence-corrected chi connectivity index (χ2v) is 30.6. The van der Waals surface area contributed by atoms with E-state index < -0.39 is 163 Å². The molecule has 39 heteroatoms. The smallest absolute Gasteiger partial charge is 0.326 e. The predicted molar refractivity (Wildman–Crippen MR) is 426 cm³/mol. The number of amides is 13. The summed E-state index contributed by atoms with van der Waals surface area (Å²) in [5, 5.41) is 45.2. The largest absolute Gasteiger partial charge is 0.489 e. The molecule has 4 fully saturated rings. The lowest BCUT2D eigenvalue weighted by Crippen LogP contribution is -2.61. The fraction of sp³-hybridized carbons (Fsp3) is 0.603. The zero-order valence-corrected chi connectivity index (χ0v) is 66.7. The lowest BCUT2D eigenvalue weighted by molar-refractivity contribution is -0.155. The molecule has 117 heavy (non-hydrogen) atoms. The second-order valence-electron chi connectivity index (χ2n) is 30.6. The number of guanidine groups is 2. The lowest BCUT2D eigenvalue weighted by atomic mass is 9.92. The van der Waals surface area contributed by atoms with E-state index in [0.717, 1.165) is 11.1 Å². The van der Waals surface area contributed by atoms with Crippen molar-refractivity contribution in [2.75, 3.05) is 52.4 Å². The van der Waals surface area contributed by atoms with Crippen LogP contribution in [0.4, 0.5) is 0 Å². The molecule has 22 N–H and O–H groups in total. The quantitative estimate of drug-likeness (QED) is 0.0151. The fourth-order valence-corrected chi connectivity index (χ4v) is 15.1. The van der Waals surface area contributed by atoms with Crippen molar-refractivity contribution in [3.8, 4) is 5.75 Å². The number of benzene rings is 2. The normalized spacial score (nSPS) is 19.4. The van der Waals surface area contributed by atoms with Crippen molar-refractivity contribution >= 4 is 94.7 Å². The highest BCUT2D eigenvalue weighted by atomic mass is 16.5. The number of carboxylic acid groups (broad SMARTS) is 1. The summed E-state index contributed by atoms with van der Waals surface area (Å²) in [6.07, 6.45) is 6.92. The van der Waals surface area contributed by atoms with E-state index in [1.54, 1.807) is 32.0 Å². The van der Waals surface area contributed by atoms with E-state index >= 15 is 0 Å². The number of aliphatic imine (C=N–C) groups is 2. The summed E-state index contributed by atoms with van der Waals surface area (Å²) in [5.74, 6) is -10.6. The van der Waals surface area contributed by atoms with E-state index in [1.807, 2.05) is 37.3 Å². The molecule has 12 atom stereocenters. The molecule has 0 radical (unpaired) electrons. The summed E-state index contributed by atoms with van der Waals surface area (Å²) in [6, 6.07) is -0.168. The van der Waals surface area contributed by atoms with E-state index in [4.69, 9.17) is 33.4 Å². The van der Waals surface area contributed by atoms with Crippen LogP contribution in [0.15, 0.2) is 71.0 Å². The first-order valence-electron chi connectivity index (χ1n) is 40.4. The van der Waals surface area contributed by atoms with E-state index in [0.29, 0.717) is 68.6 Å². The van der Waals surface area contributed by atoms with Crippen LogP contribution in [-0.2, 0) is 93.1 Å². The lowest BCUT2D eigenvalue weighted by Gasteiger charge is -2.38. The maximum absolute atomic E-state index is 14.8. The Bertz CT molecular complexity index is 4010. The van der Waals surface area contributed by atoms with Crippen molar-refractivity contribution in [1.29, 1.82) is 0 Å². The number of nitrogens with two attached hydrogens (primary N) is 5. The van der Waals surface area contributed by atoms with Crippen LogP contribution in [0.3, 0.4) is 0 Å². The van der Waals surface area contributed by atoms with Gasteiger partial charge in [0.15, 0.2) is 11.9 Å². The van der Waals surface area contributed by atoms with Gasteiger partial charge >= 0.3 is 5.97 Å². The first-order valence-corrected chi connectivity index (χ1v) is 40.4. The average molecular weight is 1630 g/mol. The summed E-state index contributed by atoms with van der Waals surface area (Å²) in [5.41, 5.74) is 30.8. The third-order valence-corrected chi connectivity index (χ3v) is 21.3. The maximum Gasteiger partial charge on any atom is 0.326 e. The zero-order chi connectivity index (χ0) is 84.8. The number of fused-ring (bicyclic) bond motifs is 1. The number of carboxylic acids is 1. The SMILES string of the molecule is CCCC[C@H](NC(=O)[C@@H]1CCCN1C(=O)CNC(=O)[C@H](CCCCN)NC(=O)[C@H](Cc1cnc[nH]1)NC(=O)[C@H](CO)NC(=O)[C@H](CC(C)C)NC(=O)[C@H](CCCN=C(N)N)NC(=O)[C@@H]1CCCN1C(=O)[C@H](CCCN=C(N)N)NC(=O)[C@@H]1CCC(=O)N1)C(=O)N1CCC[C@H]1C(=O)N1Cc2cc(OCc3ccccc3)ccc2C[C@@H]1C(=O)O. The standard InChI is InChI=1S/C78H116N22O17/c1-4-5-18-54(74(113)99-34-15-24-61(99)75(114)100-41-48-36-50(117-43-46-16-7-6-8-17-46)26-25-47(48)37-62(100)76(115)116)93-71(110)59-22-13-32-97(59)64(103)40-87-65(104)51(19-9-10-29-79)90-69(108)57(38-49-39-84-44-88-49)95-70(109)58(42-101)96-68(107)56(35-45(2)3)94-66(105)52(20-11-30-85-77(80)81)91-72(111)60-23-14-33-98(60)73(112)55(21-12-31-86-78(82)83)92-67(106)53-27-28-63(102)89-53/h6-8,16-17,25-26,36,39,44-45,51-62,101H,4-5,9-15,18-24,27-35,37-38,40-43,79H2,1-3H3,(H,84,88)(H,87,104)(H,89,102)(H,90,108)(H,91,111)(H,92,106)(H,93,110)(H,94,105)(H,95,109)(H,96,107)(H,115,116)(H4,80,81,85)(H4,82,83,86)/t51-,52-,53-,54-,55-,56-,57-,58-,59-,60-,61-,62+/m0/s1. The van der Waals surface area contributed by atoms with Gasteiger partial charge in [0.2, 0.25) is 76.8 Å². The number of hydrogen-bond acceptors (Lipinski definition) is 20. The summed E-state index contributed by atoms with van der Waals surface area (Å²) in [7, 11) is 0. The van der Waals surface area contributed by atoms with Gasteiger partial charge < -0.3 is 116 Å². The van der Waals surface area contributed by atoms with Crippen molar-refractivity contribution in [2.24, 2.45) is 44.6 Å². The molecule has 13 amide bonds. The van der Waals surface area contributed by atoms with Gasteiger partial charge in [-0.3, -0.25) is 72.3 Å². The highest BCUT2D eigenvalue weighted by Crippen LogP contribution is 2.32. The number of hydrogen-bond donors (Lipinski definition) is 17. The average Bonchev–Trinajstić information content (AvgIpc) is 1.77. The molecule has 39 nitrogen and oxygen atoms in total. The zero-order valence-electron chi connectivity index (χ0n) is 66.7. The van der Waals surface area contributed by atoms with E-state index in [9.17, 15) is 77.3 Å². The number of imidazole rings is 1. The molecule has 0 saturated carbocycles. The summed E-state index contributed by atoms with van der Waals surface area (Å²) < 4.78 is 6.07. The molecule has 0 bridgehead atoms. The van der Waals surface area contributed by atoms with Crippen LogP contribution in [0.1, 0.15) is 165 Å². The molecular weight excluding hydrogens is 1520 g/mol. The van der Waals surface area contributed by atoms with Crippen molar-refractivity contribution in [1.82, 2.24) is 77.4 Å². The van der Waals surface area contributed by atoms with Crippen LogP contribution >= 0.6 is 0 Å². The van der Waals surface area contributed by atoms with Crippen LogP contribution in [0.2, 0.25) is 0 Å². The van der Waals surface area contributed by atoms with Gasteiger partial charge in [-0.2, -0.15) is 0 Å². The maximum atomic E-state index is 14.8. The Balaban J connectivity index is 0.893. The van der Waals surface area contributed by atoms with Crippen LogP contribution in [0.5, 0.6) is 5.75 Å². The number of unbranched alkanes of at least 4 members (excludes halogenated alkanes) is 2. The van der Waals surface area contributed by atoms with Crippen molar-refractivity contribution in [3.05, 3.63) is 83.4 Å². The number of H-pyrrole nitrogens is 1. The minimum absolute atomic E-state index is 0.0100. The van der Waals surface area contributed by atoms with E-state index in [2.05, 4.69) is 67.8 Å². The molecule has 2 aromatic carbocycles. The molecule has 0 aliphatic carbocycles. The first kappa shape index (κ1) is 91.0. The topological polar surface area (TPSA) is 593 Å². The fourth-order valence-electron chi connectivity index (χ4n) is 15.1. The van der Waals surface area contributed by atoms with Gasteiger partial charge in [-0.1, -0.05) is 70.0 Å². The first-order chi connectivity index (χ1) is 56.1. The van der Waals surface area contributed by atoms with Gasteiger partial charge in [-0.15, -0.1) is 0 Å². The number of rotatable bonds is 44. The van der Waals surface area contributed by atoms with Crippen molar-refractivity contribution < 1.29 is 82.1 Å². The van der Waals surface area contributed by atoms with Crippen LogP contribution in [0, 0.1) is 5.92 Å². The van der Waals surface area contributed by atoms with Crippen LogP contribution in [0.25, 0.3) is 0 Å². The summed E-state index contributed by atoms with van der Waals surface area (Å²) >= 11 is 0. The molecule has 3 aromatic rings. The molecular formula is C78H116N22O17. The van der Waals surface area contributed by atoms with Gasteiger partial charge in [0.25, 0.3) is 0 Å². The Morgan fingerprint density at radius 1 is 0.598 bits per heavy atom. The Morgan fingerprint density at radius 2 is 1.15 bits per heavy atom. The second kappa shape index (κ2) is 45.1. The molecule has 5 aliphatic rings. The summed E-state index contributed by atoms with van der Waals surface area (Å²) in [4.78, 5) is 217. The minimum Gasteiger partial charge on any atom is -0.489 e. The van der Waals surface area contributed by atoms with E-state index in [1.165, 1.54) is 32.1 Å². The Morgan fingerprint density at radius 3 is 1.74 bits per heavy atom. The van der Waals surface area contributed by atoms with Crippen LogP contribution < -0.4 is 81.3 Å². The van der Waals surface area contributed by atoms with Crippen molar-refractivity contribution in [3.63, 3.8) is 0 Å². The molecule has 8 rings (SSSR count). The molecule has 0 spiro atoms. The summed E-state index contributed by atoms with van der Waals surface area (Å²) in [6.45, 7) is 4.72. The number of carbonyl (C=O) groups excluding carboxylic acids is 13. The Hall–Kier alpha value is -11.5. The van der Waals surface area contributed by atoms with Crippen molar-refractivity contribution in [2.45, 2.75) is 241 Å². The molecule has 5 aliphatic heterocycles. The highest BCUT2D eigenvalue weighted by molar-refractivity contribution is 6.00. The van der Waals surface area contributed by atoms with Crippen LogP contribution in [-0.4, -0.2) is 259 Å². The Labute approximate surface area is 678 Å². The molecule has 0 unspecified atom stereocenters. The third-order valence-electron chi connectivity index (χ3n) is 21.3. The molecule has 4 saturated heterocycles. The number of carbonyl (C=O) groups is 14. The van der Waals surface area contributed by atoms with Gasteiger partial charge in [-0.05, 0) is 144 Å². The number of aromatic nitrogens is 2. The third kappa shape index (κ3) is 26.8. The minimum atomic E-state index is -1.78. The molecule has 640 valence electrons. The number of ether oxygens (including phenoxy) is 1. The number of aliphatic hydroxyl groups is 1. The van der Waals surface area contributed by atoms with Gasteiger partial charge in [0, 0.05) is 70.4 Å². The molecule has 6 heterocycles. The number of aliphatic carboxylic acids is 1. The highest BCUT2D eigenvalue weighted by Gasteiger charge is 2.46. The van der Waals surface area contributed by atoms with Gasteiger partial charge in [0.05, 0.1) is 19.5 Å². The Kier molecular flexibility index (Phi) is 35.1. The number of nitrogens with zero attached hydrogens (tertiary/aromatic N) is 7.